The molecule has 2 rings (SSSR count). The zero-order valence-electron chi connectivity index (χ0n) is 13.4. The van der Waals surface area contributed by atoms with Crippen LogP contribution >= 0.6 is 39.0 Å². The average Bonchev–Trinajstić information content (AvgIpc) is 3.07. The first kappa shape index (κ1) is 19.0. The third-order valence-corrected chi connectivity index (χ3v) is 5.97. The number of rotatable bonds is 7. The molecule has 128 valence electrons. The van der Waals surface area contributed by atoms with Crippen molar-refractivity contribution in [3.05, 3.63) is 50.6 Å². The number of thioether (sulfide) groups is 1. The van der Waals surface area contributed by atoms with Gasteiger partial charge in [-0.1, -0.05) is 22.0 Å². The summed E-state index contributed by atoms with van der Waals surface area (Å²) in [6, 6.07) is 9.42. The highest BCUT2D eigenvalue weighted by atomic mass is 79.9. The van der Waals surface area contributed by atoms with E-state index < -0.39 is 0 Å². The standard InChI is InChI=1S/C17H18BrNO3S2/c1-11-8-12(18)5-6-14(11)24-10-16(20)19-13(9-17(21)22-2)15-4-3-7-23-15/h3-8,13H,9-10H2,1-2H3,(H,19,20). The Morgan fingerprint density at radius 1 is 1.38 bits per heavy atom. The summed E-state index contributed by atoms with van der Waals surface area (Å²) in [5.74, 6) is -0.152. The molecular formula is C17H18BrNO3S2. The Hall–Kier alpha value is -1.31. The molecule has 24 heavy (non-hydrogen) atoms. The first-order chi connectivity index (χ1) is 11.5. The summed E-state index contributed by atoms with van der Waals surface area (Å²) in [5, 5.41) is 4.85. The first-order valence-electron chi connectivity index (χ1n) is 7.28. The number of hydrogen-bond acceptors (Lipinski definition) is 5. The van der Waals surface area contributed by atoms with Crippen LogP contribution in [0.25, 0.3) is 0 Å². The maximum absolute atomic E-state index is 12.3. The average molecular weight is 428 g/mol. The lowest BCUT2D eigenvalue weighted by atomic mass is 10.1. The van der Waals surface area contributed by atoms with Crippen LogP contribution in [0.3, 0.4) is 0 Å². The summed E-state index contributed by atoms with van der Waals surface area (Å²) in [6.45, 7) is 2.01. The van der Waals surface area contributed by atoms with E-state index in [0.717, 1.165) is 19.8 Å². The van der Waals surface area contributed by atoms with E-state index >= 15 is 0 Å². The predicted octanol–water partition coefficient (Wildman–Crippen LogP) is 4.33. The smallest absolute Gasteiger partial charge is 0.307 e. The third-order valence-electron chi connectivity index (χ3n) is 3.32. The predicted molar refractivity (Wildman–Crippen MR) is 101 cm³/mol. The first-order valence-corrected chi connectivity index (χ1v) is 9.94. The fourth-order valence-corrected chi connectivity index (χ4v) is 4.19. The van der Waals surface area contributed by atoms with Crippen molar-refractivity contribution in [2.75, 3.05) is 12.9 Å². The van der Waals surface area contributed by atoms with Crippen molar-refractivity contribution < 1.29 is 14.3 Å². The Bertz CT molecular complexity index is 704. The van der Waals surface area contributed by atoms with Gasteiger partial charge in [-0.25, -0.2) is 0 Å². The van der Waals surface area contributed by atoms with Crippen molar-refractivity contribution in [3.63, 3.8) is 0 Å². The topological polar surface area (TPSA) is 55.4 Å². The molecule has 1 amide bonds. The van der Waals surface area contributed by atoms with Gasteiger partial charge in [-0.2, -0.15) is 0 Å². The molecule has 0 aliphatic rings. The van der Waals surface area contributed by atoms with Crippen molar-refractivity contribution in [3.8, 4) is 0 Å². The van der Waals surface area contributed by atoms with Crippen molar-refractivity contribution >= 4 is 50.9 Å². The molecule has 0 spiro atoms. The van der Waals surface area contributed by atoms with E-state index in [-0.39, 0.29) is 24.3 Å². The van der Waals surface area contributed by atoms with Gasteiger partial charge in [-0.05, 0) is 42.1 Å². The largest absolute Gasteiger partial charge is 0.469 e. The normalized spacial score (nSPS) is 11.8. The van der Waals surface area contributed by atoms with Crippen LogP contribution in [0.4, 0.5) is 0 Å². The molecule has 1 unspecified atom stereocenters. The minimum atomic E-state index is -0.350. The SMILES string of the molecule is COC(=O)CC(NC(=O)CSc1ccc(Br)cc1C)c1cccs1. The lowest BCUT2D eigenvalue weighted by molar-refractivity contribution is -0.141. The van der Waals surface area contributed by atoms with E-state index in [2.05, 4.69) is 21.2 Å². The molecule has 0 saturated heterocycles. The molecule has 1 aromatic carbocycles. The Morgan fingerprint density at radius 3 is 2.79 bits per heavy atom. The number of carbonyl (C=O) groups is 2. The molecule has 1 N–H and O–H groups in total. The van der Waals surface area contributed by atoms with Gasteiger partial charge in [-0.15, -0.1) is 23.1 Å². The van der Waals surface area contributed by atoms with E-state index in [1.807, 2.05) is 42.6 Å². The third kappa shape index (κ3) is 5.65. The van der Waals surface area contributed by atoms with Gasteiger partial charge in [0.1, 0.15) is 0 Å². The van der Waals surface area contributed by atoms with Crippen LogP contribution in [-0.4, -0.2) is 24.7 Å². The van der Waals surface area contributed by atoms with E-state index in [9.17, 15) is 9.59 Å². The van der Waals surface area contributed by atoms with E-state index in [1.165, 1.54) is 30.2 Å². The maximum atomic E-state index is 12.3. The molecule has 0 bridgehead atoms. The maximum Gasteiger partial charge on any atom is 0.307 e. The Balaban J connectivity index is 1.96. The number of esters is 1. The van der Waals surface area contributed by atoms with Gasteiger partial charge in [0.25, 0.3) is 0 Å². The molecule has 1 atom stereocenters. The highest BCUT2D eigenvalue weighted by Gasteiger charge is 2.20. The van der Waals surface area contributed by atoms with Crippen molar-refractivity contribution in [2.24, 2.45) is 0 Å². The zero-order valence-corrected chi connectivity index (χ0v) is 16.6. The van der Waals surface area contributed by atoms with Gasteiger partial charge in [0.15, 0.2) is 0 Å². The highest BCUT2D eigenvalue weighted by molar-refractivity contribution is 9.10. The van der Waals surface area contributed by atoms with Crippen LogP contribution in [0.5, 0.6) is 0 Å². The second-order valence-electron chi connectivity index (χ2n) is 5.11. The Labute approximate surface area is 158 Å². The molecule has 1 heterocycles. The molecule has 0 radical (unpaired) electrons. The van der Waals surface area contributed by atoms with Gasteiger partial charge < -0.3 is 10.1 Å². The van der Waals surface area contributed by atoms with E-state index in [0.29, 0.717) is 5.75 Å². The number of ether oxygens (including phenoxy) is 1. The molecule has 1 aromatic heterocycles. The van der Waals surface area contributed by atoms with Crippen LogP contribution in [0, 0.1) is 6.92 Å². The molecule has 7 heteroatoms. The molecule has 0 saturated carbocycles. The summed E-state index contributed by atoms with van der Waals surface area (Å²) in [5.41, 5.74) is 1.12. The van der Waals surface area contributed by atoms with E-state index in [4.69, 9.17) is 4.74 Å². The second kappa shape index (κ2) is 9.25. The molecule has 0 aliphatic carbocycles. The van der Waals surface area contributed by atoms with Crippen LogP contribution in [0.1, 0.15) is 22.9 Å². The summed E-state index contributed by atoms with van der Waals surface area (Å²) in [6.07, 6.45) is 0.130. The van der Waals surface area contributed by atoms with Crippen LogP contribution in [0.2, 0.25) is 0 Å². The number of carbonyl (C=O) groups excluding carboxylic acids is 2. The molecular weight excluding hydrogens is 410 g/mol. The van der Waals surface area contributed by atoms with Crippen LogP contribution in [-0.2, 0) is 14.3 Å². The lowest BCUT2D eigenvalue weighted by Gasteiger charge is -2.16. The Morgan fingerprint density at radius 2 is 2.17 bits per heavy atom. The molecule has 4 nitrogen and oxygen atoms in total. The Kier molecular flexibility index (Phi) is 7.33. The van der Waals surface area contributed by atoms with Crippen molar-refractivity contribution in [1.29, 1.82) is 0 Å². The fourth-order valence-electron chi connectivity index (χ4n) is 2.12. The molecule has 2 aromatic rings. The van der Waals surface area contributed by atoms with Crippen molar-refractivity contribution in [2.45, 2.75) is 24.3 Å². The zero-order chi connectivity index (χ0) is 17.5. The van der Waals surface area contributed by atoms with E-state index in [1.54, 1.807) is 0 Å². The molecule has 0 aliphatic heterocycles. The summed E-state index contributed by atoms with van der Waals surface area (Å²) in [4.78, 5) is 25.9. The minimum absolute atomic E-state index is 0.107. The quantitative estimate of drug-likeness (QED) is 0.527. The van der Waals surface area contributed by atoms with Gasteiger partial charge in [0.2, 0.25) is 5.91 Å². The van der Waals surface area contributed by atoms with Crippen molar-refractivity contribution in [1.82, 2.24) is 5.32 Å². The molecule has 0 fully saturated rings. The van der Waals surface area contributed by atoms with Gasteiger partial charge >= 0.3 is 5.97 Å². The number of methoxy groups -OCH3 is 1. The second-order valence-corrected chi connectivity index (χ2v) is 8.03. The summed E-state index contributed by atoms with van der Waals surface area (Å²) < 4.78 is 5.74. The number of halogens is 1. The lowest BCUT2D eigenvalue weighted by Crippen LogP contribution is -2.31. The fraction of sp³-hybridized carbons (Fsp3) is 0.294. The van der Waals surface area contributed by atoms with Crippen LogP contribution < -0.4 is 5.32 Å². The number of nitrogens with one attached hydrogen (secondary N) is 1. The summed E-state index contributed by atoms with van der Waals surface area (Å²) >= 11 is 6.42. The van der Waals surface area contributed by atoms with Gasteiger partial charge in [0, 0.05) is 14.2 Å². The monoisotopic (exact) mass is 427 g/mol. The summed E-state index contributed by atoms with van der Waals surface area (Å²) in [7, 11) is 1.35. The van der Waals surface area contributed by atoms with Crippen LogP contribution in [0.15, 0.2) is 45.1 Å². The number of hydrogen-bond donors (Lipinski definition) is 1. The highest BCUT2D eigenvalue weighted by Crippen LogP contribution is 2.26. The number of thiophene rings is 1. The number of aryl methyl sites for hydroxylation is 1. The van der Waals surface area contributed by atoms with Gasteiger partial charge in [-0.3, -0.25) is 9.59 Å². The number of benzene rings is 1. The van der Waals surface area contributed by atoms with Gasteiger partial charge in [0.05, 0.1) is 25.3 Å². The number of amides is 1. The minimum Gasteiger partial charge on any atom is -0.469 e.